The van der Waals surface area contributed by atoms with Crippen LogP contribution in [0.3, 0.4) is 0 Å². The van der Waals surface area contributed by atoms with Crippen LogP contribution in [0.2, 0.25) is 0 Å². The van der Waals surface area contributed by atoms with E-state index in [2.05, 4.69) is 45.0 Å². The second kappa shape index (κ2) is 4.82. The maximum atomic E-state index is 11.7. The predicted molar refractivity (Wildman–Crippen MR) is 87.2 cm³/mol. The Morgan fingerprint density at radius 3 is 2.57 bits per heavy atom. The fourth-order valence-electron chi connectivity index (χ4n) is 5.11. The molecule has 0 bridgehead atoms. The Morgan fingerprint density at radius 1 is 1.19 bits per heavy atom. The van der Waals surface area contributed by atoms with Crippen LogP contribution in [0, 0.1) is 11.3 Å². The molecule has 0 amide bonds. The number of aryl methyl sites for hydroxylation is 1. The molecule has 3 N–H and O–H groups in total. The summed E-state index contributed by atoms with van der Waals surface area (Å²) in [5.74, 6) is 0.288. The molecular formula is C19H29NO. The molecule has 1 aromatic rings. The minimum Gasteiger partial charge on any atom is -0.389 e. The van der Waals surface area contributed by atoms with Crippen molar-refractivity contribution in [1.82, 2.24) is 0 Å². The Bertz CT molecular complexity index is 538. The van der Waals surface area contributed by atoms with Gasteiger partial charge in [0.2, 0.25) is 0 Å². The standard InChI is InChI=1S/C19H29NO/c1-14-12-17(2,3)10-11-19(14,21)18(13-20)9-8-15-6-4-5-7-16(15)18/h4-7,14,21H,8-13,20H2,1-3H3. The number of aliphatic hydroxyl groups is 1. The Morgan fingerprint density at radius 2 is 1.90 bits per heavy atom. The molecular weight excluding hydrogens is 258 g/mol. The molecule has 1 aromatic carbocycles. The summed E-state index contributed by atoms with van der Waals surface area (Å²) in [7, 11) is 0. The van der Waals surface area contributed by atoms with Crippen LogP contribution in [0.25, 0.3) is 0 Å². The molecule has 3 atom stereocenters. The first-order chi connectivity index (χ1) is 9.85. The van der Waals surface area contributed by atoms with E-state index >= 15 is 0 Å². The molecule has 3 rings (SSSR count). The van der Waals surface area contributed by atoms with Crippen molar-refractivity contribution >= 4 is 0 Å². The fourth-order valence-corrected chi connectivity index (χ4v) is 5.11. The topological polar surface area (TPSA) is 46.2 Å². The van der Waals surface area contributed by atoms with Crippen LogP contribution in [0.1, 0.15) is 57.6 Å². The molecule has 0 aromatic heterocycles. The normalized spacial score (nSPS) is 38.2. The van der Waals surface area contributed by atoms with Crippen LogP contribution in [-0.2, 0) is 11.8 Å². The predicted octanol–water partition coefficient (Wildman–Crippen LogP) is 3.41. The second-order valence-electron chi connectivity index (χ2n) is 8.14. The smallest absolute Gasteiger partial charge is 0.0782 e. The van der Waals surface area contributed by atoms with E-state index < -0.39 is 5.60 Å². The molecule has 0 heterocycles. The van der Waals surface area contributed by atoms with E-state index in [0.717, 1.165) is 32.1 Å². The zero-order valence-corrected chi connectivity index (χ0v) is 13.7. The number of rotatable bonds is 2. The van der Waals surface area contributed by atoms with Gasteiger partial charge in [-0.3, -0.25) is 0 Å². The number of benzene rings is 1. The van der Waals surface area contributed by atoms with E-state index in [1.165, 1.54) is 11.1 Å². The van der Waals surface area contributed by atoms with Crippen molar-refractivity contribution in [3.8, 4) is 0 Å². The minimum atomic E-state index is -0.663. The van der Waals surface area contributed by atoms with Crippen LogP contribution in [0.5, 0.6) is 0 Å². The lowest BCUT2D eigenvalue weighted by Crippen LogP contribution is -2.61. The molecule has 21 heavy (non-hydrogen) atoms. The average Bonchev–Trinajstić information content (AvgIpc) is 2.83. The summed E-state index contributed by atoms with van der Waals surface area (Å²) in [5.41, 5.74) is 8.38. The van der Waals surface area contributed by atoms with Crippen molar-refractivity contribution in [3.05, 3.63) is 35.4 Å². The summed E-state index contributed by atoms with van der Waals surface area (Å²) in [6.45, 7) is 7.41. The quantitative estimate of drug-likeness (QED) is 0.875. The largest absolute Gasteiger partial charge is 0.389 e. The highest BCUT2D eigenvalue weighted by atomic mass is 16.3. The molecule has 0 aliphatic heterocycles. The van der Waals surface area contributed by atoms with Crippen LogP contribution < -0.4 is 5.73 Å². The first-order valence-electron chi connectivity index (χ1n) is 8.35. The first kappa shape index (κ1) is 15.1. The highest BCUT2D eigenvalue weighted by Crippen LogP contribution is 2.56. The van der Waals surface area contributed by atoms with Gasteiger partial charge in [-0.15, -0.1) is 0 Å². The van der Waals surface area contributed by atoms with Gasteiger partial charge in [-0.2, -0.15) is 0 Å². The highest BCUT2D eigenvalue weighted by Gasteiger charge is 2.58. The van der Waals surface area contributed by atoms with Crippen LogP contribution in [0.4, 0.5) is 0 Å². The number of hydrogen-bond donors (Lipinski definition) is 2. The molecule has 0 saturated heterocycles. The Hall–Kier alpha value is -0.860. The number of fused-ring (bicyclic) bond motifs is 1. The third-order valence-corrected chi connectivity index (χ3v) is 6.39. The molecule has 1 fully saturated rings. The third kappa shape index (κ3) is 2.07. The van der Waals surface area contributed by atoms with E-state index in [1.54, 1.807) is 0 Å². The van der Waals surface area contributed by atoms with Crippen molar-refractivity contribution in [2.45, 2.75) is 63.9 Å². The second-order valence-corrected chi connectivity index (χ2v) is 8.14. The lowest BCUT2D eigenvalue weighted by atomic mass is 9.54. The molecule has 2 aliphatic carbocycles. The third-order valence-electron chi connectivity index (χ3n) is 6.39. The zero-order chi connectivity index (χ0) is 15.3. The molecule has 2 heteroatoms. The lowest BCUT2D eigenvalue weighted by Gasteiger charge is -2.54. The van der Waals surface area contributed by atoms with Gasteiger partial charge >= 0.3 is 0 Å². The summed E-state index contributed by atoms with van der Waals surface area (Å²) in [6.07, 6.45) is 5.06. The van der Waals surface area contributed by atoms with Gasteiger partial charge in [-0.05, 0) is 54.6 Å². The molecule has 1 saturated carbocycles. The molecule has 2 nitrogen and oxygen atoms in total. The summed E-state index contributed by atoms with van der Waals surface area (Å²) in [6, 6.07) is 8.59. The molecule has 0 spiro atoms. The van der Waals surface area contributed by atoms with E-state index in [1.807, 2.05) is 0 Å². The highest BCUT2D eigenvalue weighted by molar-refractivity contribution is 5.43. The molecule has 3 unspecified atom stereocenters. The molecule has 116 valence electrons. The van der Waals surface area contributed by atoms with Crippen LogP contribution in [0.15, 0.2) is 24.3 Å². The summed E-state index contributed by atoms with van der Waals surface area (Å²) >= 11 is 0. The van der Waals surface area contributed by atoms with Gasteiger partial charge in [-0.1, -0.05) is 45.0 Å². The lowest BCUT2D eigenvalue weighted by molar-refractivity contribution is -0.125. The van der Waals surface area contributed by atoms with Gasteiger partial charge in [0.25, 0.3) is 0 Å². The van der Waals surface area contributed by atoms with Crippen LogP contribution in [-0.4, -0.2) is 17.3 Å². The SMILES string of the molecule is CC1CC(C)(C)CCC1(O)C1(CN)CCc2ccccc21. The fraction of sp³-hybridized carbons (Fsp3) is 0.684. The van der Waals surface area contributed by atoms with Crippen molar-refractivity contribution in [2.24, 2.45) is 17.1 Å². The van der Waals surface area contributed by atoms with Gasteiger partial charge in [0, 0.05) is 12.0 Å². The maximum absolute atomic E-state index is 11.7. The van der Waals surface area contributed by atoms with Gasteiger partial charge in [0.15, 0.2) is 0 Å². The summed E-state index contributed by atoms with van der Waals surface area (Å²) in [4.78, 5) is 0. The Balaban J connectivity index is 2.05. The average molecular weight is 287 g/mol. The number of hydrogen-bond acceptors (Lipinski definition) is 2. The minimum absolute atomic E-state index is 0.250. The van der Waals surface area contributed by atoms with E-state index in [4.69, 9.17) is 5.73 Å². The van der Waals surface area contributed by atoms with E-state index in [-0.39, 0.29) is 11.3 Å². The van der Waals surface area contributed by atoms with E-state index in [9.17, 15) is 5.11 Å². The van der Waals surface area contributed by atoms with Crippen LogP contribution >= 0.6 is 0 Å². The Kier molecular flexibility index (Phi) is 3.46. The van der Waals surface area contributed by atoms with Crippen molar-refractivity contribution < 1.29 is 5.11 Å². The summed E-state index contributed by atoms with van der Waals surface area (Å²) < 4.78 is 0. The van der Waals surface area contributed by atoms with Gasteiger partial charge < -0.3 is 10.8 Å². The van der Waals surface area contributed by atoms with Crippen molar-refractivity contribution in [1.29, 1.82) is 0 Å². The van der Waals surface area contributed by atoms with Gasteiger partial charge in [0.05, 0.1) is 5.60 Å². The molecule has 2 aliphatic rings. The monoisotopic (exact) mass is 287 g/mol. The molecule has 0 radical (unpaired) electrons. The van der Waals surface area contributed by atoms with Gasteiger partial charge in [-0.25, -0.2) is 0 Å². The van der Waals surface area contributed by atoms with Crippen molar-refractivity contribution in [2.75, 3.05) is 6.54 Å². The van der Waals surface area contributed by atoms with Crippen molar-refractivity contribution in [3.63, 3.8) is 0 Å². The maximum Gasteiger partial charge on any atom is 0.0782 e. The number of nitrogens with two attached hydrogens (primary N) is 1. The van der Waals surface area contributed by atoms with E-state index in [0.29, 0.717) is 12.0 Å². The zero-order valence-electron chi connectivity index (χ0n) is 13.7. The first-order valence-corrected chi connectivity index (χ1v) is 8.35. The Labute approximate surface area is 128 Å². The van der Waals surface area contributed by atoms with Gasteiger partial charge in [0.1, 0.15) is 0 Å². The summed E-state index contributed by atoms with van der Waals surface area (Å²) in [5, 5.41) is 11.7.